The molecule has 3 N–H and O–H groups in total. The van der Waals surface area contributed by atoms with Gasteiger partial charge in [-0.05, 0) is 26.2 Å². The summed E-state index contributed by atoms with van der Waals surface area (Å²) in [5.41, 5.74) is 5.94. The van der Waals surface area contributed by atoms with E-state index in [-0.39, 0.29) is 23.8 Å². The van der Waals surface area contributed by atoms with Crippen LogP contribution in [0.2, 0.25) is 0 Å². The average Bonchev–Trinajstić information content (AvgIpc) is 2.35. The van der Waals surface area contributed by atoms with E-state index in [1.54, 1.807) is 6.92 Å². The summed E-state index contributed by atoms with van der Waals surface area (Å²) < 4.78 is 4.81. The van der Waals surface area contributed by atoms with E-state index < -0.39 is 0 Å². The van der Waals surface area contributed by atoms with Crippen molar-refractivity contribution in [2.45, 2.75) is 51.5 Å². The zero-order chi connectivity index (χ0) is 13.4. The first-order chi connectivity index (χ1) is 8.65. The first kappa shape index (κ1) is 15.0. The number of nitrogens with one attached hydrogen (secondary N) is 1. The third-order valence-corrected chi connectivity index (χ3v) is 3.32. The number of rotatable bonds is 6. The summed E-state index contributed by atoms with van der Waals surface area (Å²) in [5.74, 6) is -0.228. The number of esters is 1. The lowest BCUT2D eigenvalue weighted by Crippen LogP contribution is -2.43. The van der Waals surface area contributed by atoms with Crippen molar-refractivity contribution in [2.75, 3.05) is 13.2 Å². The van der Waals surface area contributed by atoms with Crippen molar-refractivity contribution in [3.05, 3.63) is 0 Å². The molecule has 0 aromatic heterocycles. The van der Waals surface area contributed by atoms with Gasteiger partial charge in [-0.1, -0.05) is 12.8 Å². The first-order valence-corrected chi connectivity index (χ1v) is 6.84. The molecule has 0 bridgehead atoms. The van der Waals surface area contributed by atoms with Gasteiger partial charge in [0.2, 0.25) is 5.91 Å². The Labute approximate surface area is 108 Å². The van der Waals surface area contributed by atoms with E-state index in [0.29, 0.717) is 26.0 Å². The maximum Gasteiger partial charge on any atom is 0.305 e. The van der Waals surface area contributed by atoms with E-state index in [9.17, 15) is 9.59 Å². The highest BCUT2D eigenvalue weighted by Gasteiger charge is 2.27. The average molecular weight is 256 g/mol. The van der Waals surface area contributed by atoms with E-state index in [0.717, 1.165) is 25.7 Å². The van der Waals surface area contributed by atoms with E-state index in [1.807, 2.05) is 0 Å². The second-order valence-electron chi connectivity index (χ2n) is 4.75. The van der Waals surface area contributed by atoms with Crippen LogP contribution in [0.15, 0.2) is 0 Å². The van der Waals surface area contributed by atoms with Crippen molar-refractivity contribution < 1.29 is 14.3 Å². The first-order valence-electron chi connectivity index (χ1n) is 6.84. The summed E-state index contributed by atoms with van der Waals surface area (Å²) in [4.78, 5) is 23.0. The second-order valence-corrected chi connectivity index (χ2v) is 4.75. The summed E-state index contributed by atoms with van der Waals surface area (Å²) in [7, 11) is 0. The molecule has 1 aliphatic carbocycles. The molecule has 2 atom stereocenters. The van der Waals surface area contributed by atoms with Crippen LogP contribution < -0.4 is 11.1 Å². The molecule has 0 saturated heterocycles. The largest absolute Gasteiger partial charge is 0.466 e. The summed E-state index contributed by atoms with van der Waals surface area (Å²) in [6, 6.07) is -0.0104. The lowest BCUT2D eigenvalue weighted by atomic mass is 9.84. The van der Waals surface area contributed by atoms with E-state index >= 15 is 0 Å². The van der Waals surface area contributed by atoms with Gasteiger partial charge in [-0.2, -0.15) is 0 Å². The molecule has 0 aromatic rings. The van der Waals surface area contributed by atoms with Gasteiger partial charge in [0.1, 0.15) is 0 Å². The highest BCUT2D eigenvalue weighted by atomic mass is 16.5. The van der Waals surface area contributed by atoms with Crippen molar-refractivity contribution >= 4 is 11.9 Å². The summed E-state index contributed by atoms with van der Waals surface area (Å²) in [6.45, 7) is 2.70. The minimum Gasteiger partial charge on any atom is -0.466 e. The van der Waals surface area contributed by atoms with Crippen LogP contribution in [0.4, 0.5) is 0 Å². The molecule has 1 fully saturated rings. The molecule has 1 amide bonds. The number of carbonyl (C=O) groups excluding carboxylic acids is 2. The number of ether oxygens (including phenoxy) is 1. The predicted octanol–water partition coefficient (Wildman–Crippen LogP) is 0.963. The molecule has 0 spiro atoms. The van der Waals surface area contributed by atoms with Crippen molar-refractivity contribution in [3.8, 4) is 0 Å². The molecule has 0 radical (unpaired) electrons. The van der Waals surface area contributed by atoms with Crippen molar-refractivity contribution in [2.24, 2.45) is 11.7 Å². The zero-order valence-electron chi connectivity index (χ0n) is 11.1. The SMILES string of the molecule is CCOC(=O)CCCNC(=O)C1CCCCC1N. The Morgan fingerprint density at radius 2 is 2.06 bits per heavy atom. The van der Waals surface area contributed by atoms with Gasteiger partial charge >= 0.3 is 5.97 Å². The number of hydrogen-bond acceptors (Lipinski definition) is 4. The van der Waals surface area contributed by atoms with Crippen LogP contribution >= 0.6 is 0 Å². The minimum atomic E-state index is -0.207. The topological polar surface area (TPSA) is 81.4 Å². The number of carbonyl (C=O) groups is 2. The Kier molecular flexibility index (Phi) is 6.72. The normalized spacial score (nSPS) is 23.4. The van der Waals surface area contributed by atoms with E-state index in [2.05, 4.69) is 5.32 Å². The smallest absolute Gasteiger partial charge is 0.305 e. The van der Waals surface area contributed by atoms with Gasteiger partial charge in [0.15, 0.2) is 0 Å². The molecule has 1 saturated carbocycles. The second kappa shape index (κ2) is 8.08. The Morgan fingerprint density at radius 3 is 2.72 bits per heavy atom. The van der Waals surface area contributed by atoms with Crippen LogP contribution in [0.3, 0.4) is 0 Å². The van der Waals surface area contributed by atoms with Crippen LogP contribution in [-0.2, 0) is 14.3 Å². The van der Waals surface area contributed by atoms with Crippen LogP contribution in [0.5, 0.6) is 0 Å². The van der Waals surface area contributed by atoms with Gasteiger partial charge in [-0.25, -0.2) is 0 Å². The van der Waals surface area contributed by atoms with Gasteiger partial charge < -0.3 is 15.8 Å². The molecular formula is C13H24N2O3. The predicted molar refractivity (Wildman–Crippen MR) is 68.8 cm³/mol. The number of hydrogen-bond donors (Lipinski definition) is 2. The third-order valence-electron chi connectivity index (χ3n) is 3.32. The molecule has 0 heterocycles. The quantitative estimate of drug-likeness (QED) is 0.548. The Bertz CT molecular complexity index is 281. The fourth-order valence-electron chi connectivity index (χ4n) is 2.29. The molecule has 0 aromatic carbocycles. The third kappa shape index (κ3) is 5.04. The van der Waals surface area contributed by atoms with Crippen molar-refractivity contribution in [1.29, 1.82) is 0 Å². The summed E-state index contributed by atoms with van der Waals surface area (Å²) in [5, 5.41) is 2.85. The Morgan fingerprint density at radius 1 is 1.33 bits per heavy atom. The molecule has 104 valence electrons. The van der Waals surface area contributed by atoms with Crippen LogP contribution in [0.1, 0.15) is 45.4 Å². The van der Waals surface area contributed by atoms with Gasteiger partial charge in [-0.3, -0.25) is 9.59 Å². The maximum absolute atomic E-state index is 11.9. The van der Waals surface area contributed by atoms with Crippen molar-refractivity contribution in [1.82, 2.24) is 5.32 Å². The monoisotopic (exact) mass is 256 g/mol. The number of amides is 1. The van der Waals surface area contributed by atoms with Gasteiger partial charge in [-0.15, -0.1) is 0 Å². The van der Waals surface area contributed by atoms with Crippen molar-refractivity contribution in [3.63, 3.8) is 0 Å². The minimum absolute atomic E-state index is 0.0104. The molecule has 5 nitrogen and oxygen atoms in total. The number of nitrogens with two attached hydrogens (primary N) is 1. The lowest BCUT2D eigenvalue weighted by Gasteiger charge is -2.27. The summed E-state index contributed by atoms with van der Waals surface area (Å²) in [6.07, 6.45) is 4.98. The molecule has 2 unspecified atom stereocenters. The molecule has 1 rings (SSSR count). The van der Waals surface area contributed by atoms with E-state index in [4.69, 9.17) is 10.5 Å². The fraction of sp³-hybridized carbons (Fsp3) is 0.846. The fourth-order valence-corrected chi connectivity index (χ4v) is 2.29. The van der Waals surface area contributed by atoms with Crippen LogP contribution in [0, 0.1) is 5.92 Å². The highest BCUT2D eigenvalue weighted by Crippen LogP contribution is 2.22. The molecule has 0 aliphatic heterocycles. The lowest BCUT2D eigenvalue weighted by molar-refractivity contribution is -0.143. The molecular weight excluding hydrogens is 232 g/mol. The summed E-state index contributed by atoms with van der Waals surface area (Å²) >= 11 is 0. The molecule has 18 heavy (non-hydrogen) atoms. The maximum atomic E-state index is 11.9. The zero-order valence-corrected chi connectivity index (χ0v) is 11.1. The van der Waals surface area contributed by atoms with E-state index in [1.165, 1.54) is 0 Å². The Balaban J connectivity index is 2.14. The van der Waals surface area contributed by atoms with Gasteiger partial charge in [0, 0.05) is 19.0 Å². The van der Waals surface area contributed by atoms with Gasteiger partial charge in [0.25, 0.3) is 0 Å². The molecule has 5 heteroatoms. The highest BCUT2D eigenvalue weighted by molar-refractivity contribution is 5.79. The standard InChI is InChI=1S/C13H24N2O3/c1-2-18-12(16)8-5-9-15-13(17)10-6-3-4-7-11(10)14/h10-11H,2-9,14H2,1H3,(H,15,17). The van der Waals surface area contributed by atoms with Crippen LogP contribution in [-0.4, -0.2) is 31.1 Å². The Hall–Kier alpha value is -1.10. The molecule has 1 aliphatic rings. The van der Waals surface area contributed by atoms with Crippen LogP contribution in [0.25, 0.3) is 0 Å². The van der Waals surface area contributed by atoms with Gasteiger partial charge in [0.05, 0.1) is 12.5 Å².